The van der Waals surface area contributed by atoms with Crippen molar-refractivity contribution in [1.82, 2.24) is 9.80 Å². The van der Waals surface area contributed by atoms with Gasteiger partial charge in [-0.05, 0) is 39.2 Å². The number of carbonyl (C=O) groups is 2. The van der Waals surface area contributed by atoms with E-state index in [1.807, 2.05) is 51.1 Å². The van der Waals surface area contributed by atoms with Crippen LogP contribution in [0.5, 0.6) is 0 Å². The van der Waals surface area contributed by atoms with Crippen molar-refractivity contribution in [3.63, 3.8) is 0 Å². The fraction of sp³-hybridized carbons (Fsp3) is 0.556. The highest BCUT2D eigenvalue weighted by atomic mass is 16.6. The number of benzene rings is 1. The summed E-state index contributed by atoms with van der Waals surface area (Å²) in [5.41, 5.74) is 0.367. The van der Waals surface area contributed by atoms with Gasteiger partial charge < -0.3 is 9.47 Å². The van der Waals surface area contributed by atoms with Crippen LogP contribution in [0.2, 0.25) is 0 Å². The predicted octanol–water partition coefficient (Wildman–Crippen LogP) is 3.61. The summed E-state index contributed by atoms with van der Waals surface area (Å²) in [4.78, 5) is 27.6. The van der Waals surface area contributed by atoms with Gasteiger partial charge in [0.15, 0.2) is 0 Å². The van der Waals surface area contributed by atoms with Gasteiger partial charge >= 0.3 is 12.2 Å². The first kappa shape index (κ1) is 18.1. The largest absolute Gasteiger partial charge is 0.445 e. The monoisotopic (exact) mass is 334 g/mol. The molecule has 1 saturated heterocycles. The molecule has 1 aromatic rings. The SMILES string of the molecule is CN(C(=O)OCc1ccccc1)C1CCCN1C(=O)OC(C)(C)C. The fourth-order valence-corrected chi connectivity index (χ4v) is 2.63. The van der Waals surface area contributed by atoms with Crippen LogP contribution in [-0.4, -0.2) is 47.3 Å². The summed E-state index contributed by atoms with van der Waals surface area (Å²) < 4.78 is 10.8. The Bertz CT molecular complexity index is 568. The Kier molecular flexibility index (Phi) is 5.70. The number of ether oxygens (including phenoxy) is 2. The third-order valence-electron chi connectivity index (χ3n) is 3.79. The minimum absolute atomic E-state index is 0.211. The summed E-state index contributed by atoms with van der Waals surface area (Å²) in [6.07, 6.45) is 0.381. The maximum Gasteiger partial charge on any atom is 0.411 e. The van der Waals surface area contributed by atoms with Gasteiger partial charge in [-0.1, -0.05) is 30.3 Å². The van der Waals surface area contributed by atoms with Gasteiger partial charge in [-0.3, -0.25) is 9.80 Å². The Balaban J connectivity index is 1.93. The topological polar surface area (TPSA) is 59.1 Å². The molecular weight excluding hydrogens is 308 g/mol. The minimum atomic E-state index is -0.559. The molecule has 132 valence electrons. The van der Waals surface area contributed by atoms with Crippen molar-refractivity contribution >= 4 is 12.2 Å². The molecular formula is C18H26N2O4. The number of hydrogen-bond acceptors (Lipinski definition) is 4. The first-order valence-electron chi connectivity index (χ1n) is 8.21. The van der Waals surface area contributed by atoms with Crippen LogP contribution in [0.15, 0.2) is 30.3 Å². The van der Waals surface area contributed by atoms with E-state index in [0.717, 1.165) is 18.4 Å². The van der Waals surface area contributed by atoms with E-state index in [0.29, 0.717) is 6.54 Å². The van der Waals surface area contributed by atoms with Crippen molar-refractivity contribution in [2.45, 2.75) is 52.0 Å². The predicted molar refractivity (Wildman–Crippen MR) is 90.4 cm³/mol. The van der Waals surface area contributed by atoms with Gasteiger partial charge in [0.1, 0.15) is 18.4 Å². The standard InChI is InChI=1S/C18H26N2O4/c1-18(2,3)24-17(22)20-12-8-11-15(20)19(4)16(21)23-13-14-9-6-5-7-10-14/h5-7,9-10,15H,8,11-13H2,1-4H3. The fourth-order valence-electron chi connectivity index (χ4n) is 2.63. The summed E-state index contributed by atoms with van der Waals surface area (Å²) in [6, 6.07) is 9.50. The maximum absolute atomic E-state index is 12.3. The molecule has 0 aromatic heterocycles. The molecule has 1 aliphatic rings. The average Bonchev–Trinajstić information content (AvgIpc) is 3.01. The van der Waals surface area contributed by atoms with Gasteiger partial charge in [0.05, 0.1) is 0 Å². The Hall–Kier alpha value is -2.24. The molecule has 0 N–H and O–H groups in total. The van der Waals surface area contributed by atoms with Gasteiger partial charge in [-0.25, -0.2) is 9.59 Å². The van der Waals surface area contributed by atoms with Gasteiger partial charge in [0, 0.05) is 13.6 Å². The first-order valence-corrected chi connectivity index (χ1v) is 8.21. The summed E-state index contributed by atoms with van der Waals surface area (Å²) in [5.74, 6) is 0. The number of hydrogen-bond donors (Lipinski definition) is 0. The lowest BCUT2D eigenvalue weighted by molar-refractivity contribution is 0.00365. The normalized spacial score (nSPS) is 17.5. The van der Waals surface area contributed by atoms with E-state index in [1.54, 1.807) is 11.9 Å². The van der Waals surface area contributed by atoms with Crippen LogP contribution in [0, 0.1) is 0 Å². The quantitative estimate of drug-likeness (QED) is 0.847. The van der Waals surface area contributed by atoms with E-state index in [1.165, 1.54) is 4.90 Å². The first-order chi connectivity index (χ1) is 11.3. The average molecular weight is 334 g/mol. The third-order valence-corrected chi connectivity index (χ3v) is 3.79. The molecule has 0 aliphatic carbocycles. The zero-order valence-corrected chi connectivity index (χ0v) is 14.8. The van der Waals surface area contributed by atoms with E-state index < -0.39 is 17.8 Å². The summed E-state index contributed by atoms with van der Waals surface area (Å²) >= 11 is 0. The van der Waals surface area contributed by atoms with Crippen molar-refractivity contribution in [2.75, 3.05) is 13.6 Å². The molecule has 1 aliphatic heterocycles. The second-order valence-corrected chi connectivity index (χ2v) is 6.95. The molecule has 1 unspecified atom stereocenters. The zero-order valence-electron chi connectivity index (χ0n) is 14.8. The van der Waals surface area contributed by atoms with E-state index in [2.05, 4.69) is 0 Å². The lowest BCUT2D eigenvalue weighted by Crippen LogP contribution is -2.49. The van der Waals surface area contributed by atoms with Crippen molar-refractivity contribution in [3.05, 3.63) is 35.9 Å². The van der Waals surface area contributed by atoms with Crippen molar-refractivity contribution in [1.29, 1.82) is 0 Å². The molecule has 24 heavy (non-hydrogen) atoms. The smallest absolute Gasteiger partial charge is 0.411 e. The van der Waals surface area contributed by atoms with E-state index in [4.69, 9.17) is 9.47 Å². The Labute approximate surface area is 143 Å². The summed E-state index contributed by atoms with van der Waals surface area (Å²) in [6.45, 7) is 6.27. The van der Waals surface area contributed by atoms with E-state index in [9.17, 15) is 9.59 Å². The van der Waals surface area contributed by atoms with Gasteiger partial charge in [-0.15, -0.1) is 0 Å². The number of nitrogens with zero attached hydrogens (tertiary/aromatic N) is 2. The summed E-state index contributed by atoms with van der Waals surface area (Å²) in [5, 5.41) is 0. The van der Waals surface area contributed by atoms with Crippen LogP contribution in [0.25, 0.3) is 0 Å². The van der Waals surface area contributed by atoms with Gasteiger partial charge in [0.25, 0.3) is 0 Å². The Morgan fingerprint density at radius 2 is 1.92 bits per heavy atom. The Morgan fingerprint density at radius 3 is 2.54 bits per heavy atom. The second kappa shape index (κ2) is 7.55. The van der Waals surface area contributed by atoms with Crippen LogP contribution in [-0.2, 0) is 16.1 Å². The number of likely N-dealkylation sites (tertiary alicyclic amines) is 1. The van der Waals surface area contributed by atoms with Crippen molar-refractivity contribution in [2.24, 2.45) is 0 Å². The molecule has 1 heterocycles. The van der Waals surface area contributed by atoms with Crippen LogP contribution in [0.4, 0.5) is 9.59 Å². The molecule has 2 rings (SSSR count). The molecule has 0 spiro atoms. The van der Waals surface area contributed by atoms with Crippen LogP contribution < -0.4 is 0 Å². The summed E-state index contributed by atoms with van der Waals surface area (Å²) in [7, 11) is 1.65. The van der Waals surface area contributed by atoms with Gasteiger partial charge in [-0.2, -0.15) is 0 Å². The molecule has 0 saturated carbocycles. The van der Waals surface area contributed by atoms with Gasteiger partial charge in [0.2, 0.25) is 0 Å². The third kappa shape index (κ3) is 4.88. The number of amides is 2. The molecule has 1 fully saturated rings. The maximum atomic E-state index is 12.3. The lowest BCUT2D eigenvalue weighted by Gasteiger charge is -2.33. The zero-order chi connectivity index (χ0) is 17.7. The number of carbonyl (C=O) groups excluding carboxylic acids is 2. The minimum Gasteiger partial charge on any atom is -0.445 e. The Morgan fingerprint density at radius 1 is 1.25 bits per heavy atom. The number of rotatable bonds is 3. The van der Waals surface area contributed by atoms with Crippen LogP contribution in [0.3, 0.4) is 0 Å². The lowest BCUT2D eigenvalue weighted by atomic mass is 10.2. The molecule has 0 radical (unpaired) electrons. The highest BCUT2D eigenvalue weighted by Gasteiger charge is 2.36. The molecule has 1 atom stereocenters. The second-order valence-electron chi connectivity index (χ2n) is 6.95. The molecule has 2 amide bonds. The highest BCUT2D eigenvalue weighted by Crippen LogP contribution is 2.23. The van der Waals surface area contributed by atoms with Crippen LogP contribution >= 0.6 is 0 Å². The molecule has 6 heteroatoms. The van der Waals surface area contributed by atoms with Crippen LogP contribution in [0.1, 0.15) is 39.2 Å². The molecule has 1 aromatic carbocycles. The van der Waals surface area contributed by atoms with E-state index in [-0.39, 0.29) is 12.8 Å². The van der Waals surface area contributed by atoms with Crippen molar-refractivity contribution in [3.8, 4) is 0 Å². The van der Waals surface area contributed by atoms with Crippen molar-refractivity contribution < 1.29 is 19.1 Å². The molecule has 0 bridgehead atoms. The van der Waals surface area contributed by atoms with E-state index >= 15 is 0 Å². The molecule has 6 nitrogen and oxygen atoms in total. The highest BCUT2D eigenvalue weighted by molar-refractivity contribution is 5.71.